The zero-order valence-electron chi connectivity index (χ0n) is 6.12. The first-order valence-corrected chi connectivity index (χ1v) is 4.53. The van der Waals surface area contributed by atoms with Gasteiger partial charge in [-0.3, -0.25) is 4.79 Å². The fraction of sp³-hybridized carbons (Fsp3) is 0.125. The molecule has 0 heterocycles. The molecule has 4 heteroatoms. The van der Waals surface area contributed by atoms with Gasteiger partial charge >= 0.3 is 5.97 Å². The summed E-state index contributed by atoms with van der Waals surface area (Å²) in [6.45, 7) is 0. The van der Waals surface area contributed by atoms with Gasteiger partial charge in [-0.05, 0) is 17.7 Å². The van der Waals surface area contributed by atoms with Crippen molar-refractivity contribution >= 4 is 34.5 Å². The van der Waals surface area contributed by atoms with Crippen LogP contribution < -0.4 is 0 Å². The van der Waals surface area contributed by atoms with E-state index in [1.807, 2.05) is 6.07 Å². The van der Waals surface area contributed by atoms with Crippen LogP contribution in [0, 0.1) is 0 Å². The molecule has 0 aromatic heterocycles. The third-order valence-electron chi connectivity index (χ3n) is 1.42. The maximum absolute atomic E-state index is 10.4. The summed E-state index contributed by atoms with van der Waals surface area (Å²) in [5.41, 5.74) is 0.716. The second-order valence-electron chi connectivity index (χ2n) is 2.31. The molecular weight excluding hydrogens is 240 g/mol. The number of hydrogen-bond donors (Lipinski definition) is 2. The van der Waals surface area contributed by atoms with Gasteiger partial charge in [-0.15, -0.1) is 12.6 Å². The van der Waals surface area contributed by atoms with Crippen molar-refractivity contribution in [2.45, 2.75) is 11.3 Å². The number of hydrogen-bond acceptors (Lipinski definition) is 2. The van der Waals surface area contributed by atoms with Crippen molar-refractivity contribution in [1.82, 2.24) is 0 Å². The Bertz CT molecular complexity index is 292. The van der Waals surface area contributed by atoms with E-state index in [9.17, 15) is 4.79 Å². The fourth-order valence-electron chi connectivity index (χ4n) is 0.873. The molecule has 64 valence electrons. The molecule has 0 unspecified atom stereocenters. The number of thiol groups is 1. The number of benzene rings is 1. The first kappa shape index (κ1) is 9.61. The van der Waals surface area contributed by atoms with Crippen LogP contribution in [0.15, 0.2) is 27.6 Å². The molecule has 0 saturated heterocycles. The highest BCUT2D eigenvalue weighted by Crippen LogP contribution is 2.23. The van der Waals surface area contributed by atoms with Gasteiger partial charge in [0.25, 0.3) is 0 Å². The maximum Gasteiger partial charge on any atom is 0.307 e. The van der Waals surface area contributed by atoms with E-state index < -0.39 is 5.97 Å². The van der Waals surface area contributed by atoms with Crippen LogP contribution in [0.25, 0.3) is 0 Å². The zero-order chi connectivity index (χ0) is 9.14. The van der Waals surface area contributed by atoms with Crippen molar-refractivity contribution in [2.24, 2.45) is 0 Å². The summed E-state index contributed by atoms with van der Waals surface area (Å²) in [6, 6.07) is 5.39. The molecule has 1 N–H and O–H groups in total. The van der Waals surface area contributed by atoms with E-state index >= 15 is 0 Å². The van der Waals surface area contributed by atoms with Crippen LogP contribution in [0.2, 0.25) is 0 Å². The van der Waals surface area contributed by atoms with Crippen molar-refractivity contribution in [1.29, 1.82) is 0 Å². The lowest BCUT2D eigenvalue weighted by atomic mass is 10.1. The minimum atomic E-state index is -0.850. The van der Waals surface area contributed by atoms with Gasteiger partial charge < -0.3 is 5.11 Å². The van der Waals surface area contributed by atoms with E-state index in [1.54, 1.807) is 12.1 Å². The molecule has 1 rings (SSSR count). The molecular formula is C8H7BrO2S. The predicted octanol–water partition coefficient (Wildman–Crippen LogP) is 2.36. The fourth-order valence-corrected chi connectivity index (χ4v) is 1.82. The van der Waals surface area contributed by atoms with Crippen molar-refractivity contribution in [3.63, 3.8) is 0 Å². The lowest BCUT2D eigenvalue weighted by Crippen LogP contribution is -2.01. The predicted molar refractivity (Wildman–Crippen MR) is 52.7 cm³/mol. The molecule has 12 heavy (non-hydrogen) atoms. The SMILES string of the molecule is O=C(O)Cc1c(S)cccc1Br. The number of carboxylic acids is 1. The molecule has 0 saturated carbocycles. The smallest absolute Gasteiger partial charge is 0.307 e. The summed E-state index contributed by atoms with van der Waals surface area (Å²) in [7, 11) is 0. The highest BCUT2D eigenvalue weighted by molar-refractivity contribution is 9.10. The van der Waals surface area contributed by atoms with Crippen LogP contribution in [-0.2, 0) is 11.2 Å². The van der Waals surface area contributed by atoms with Gasteiger partial charge in [0.15, 0.2) is 0 Å². The quantitative estimate of drug-likeness (QED) is 0.787. The van der Waals surface area contributed by atoms with Crippen molar-refractivity contribution in [3.8, 4) is 0 Å². The van der Waals surface area contributed by atoms with Gasteiger partial charge in [-0.25, -0.2) is 0 Å². The standard InChI is InChI=1S/C8H7BrO2S/c9-6-2-1-3-7(12)5(6)4-8(10)11/h1-3,12H,4H2,(H,10,11). The summed E-state index contributed by atoms with van der Waals surface area (Å²) in [6.07, 6.45) is 0.000255. The van der Waals surface area contributed by atoms with Crippen LogP contribution in [0.1, 0.15) is 5.56 Å². The van der Waals surface area contributed by atoms with E-state index in [-0.39, 0.29) is 6.42 Å². The number of carbonyl (C=O) groups is 1. The molecule has 0 amide bonds. The second kappa shape index (κ2) is 3.96. The second-order valence-corrected chi connectivity index (χ2v) is 3.64. The van der Waals surface area contributed by atoms with Crippen LogP contribution >= 0.6 is 28.6 Å². The highest BCUT2D eigenvalue weighted by Gasteiger charge is 2.07. The Labute approximate surface area is 84.1 Å². The lowest BCUT2D eigenvalue weighted by Gasteiger charge is -2.03. The normalized spacial score (nSPS) is 9.83. The van der Waals surface area contributed by atoms with Gasteiger partial charge in [-0.1, -0.05) is 22.0 Å². The van der Waals surface area contributed by atoms with Crippen molar-refractivity contribution < 1.29 is 9.90 Å². The lowest BCUT2D eigenvalue weighted by molar-refractivity contribution is -0.136. The van der Waals surface area contributed by atoms with Crippen molar-refractivity contribution in [3.05, 3.63) is 28.2 Å². The summed E-state index contributed by atoms with van der Waals surface area (Å²) in [4.78, 5) is 11.1. The molecule has 0 spiro atoms. The largest absolute Gasteiger partial charge is 0.481 e. The van der Waals surface area contributed by atoms with Gasteiger partial charge in [0, 0.05) is 9.37 Å². The van der Waals surface area contributed by atoms with E-state index in [0.29, 0.717) is 10.5 Å². The topological polar surface area (TPSA) is 37.3 Å². The summed E-state index contributed by atoms with van der Waals surface area (Å²) < 4.78 is 0.789. The molecule has 0 aliphatic rings. The summed E-state index contributed by atoms with van der Waals surface area (Å²) >= 11 is 7.41. The molecule has 0 aliphatic heterocycles. The van der Waals surface area contributed by atoms with Gasteiger partial charge in [0.1, 0.15) is 0 Å². The number of halogens is 1. The minimum Gasteiger partial charge on any atom is -0.481 e. The van der Waals surface area contributed by atoms with Crippen LogP contribution in [0.5, 0.6) is 0 Å². The average Bonchev–Trinajstić information content (AvgIpc) is 1.97. The third kappa shape index (κ3) is 2.25. The zero-order valence-corrected chi connectivity index (χ0v) is 8.60. The first-order chi connectivity index (χ1) is 5.61. The van der Waals surface area contributed by atoms with Gasteiger partial charge in [-0.2, -0.15) is 0 Å². The number of aliphatic carboxylic acids is 1. The monoisotopic (exact) mass is 246 g/mol. The third-order valence-corrected chi connectivity index (χ3v) is 2.58. The molecule has 0 aliphatic carbocycles. The highest BCUT2D eigenvalue weighted by atomic mass is 79.9. The molecule has 1 aromatic rings. The Morgan fingerprint density at radius 1 is 1.58 bits per heavy atom. The van der Waals surface area contributed by atoms with Crippen LogP contribution in [0.4, 0.5) is 0 Å². The Morgan fingerprint density at radius 2 is 2.25 bits per heavy atom. The van der Waals surface area contributed by atoms with E-state index in [4.69, 9.17) is 5.11 Å². The van der Waals surface area contributed by atoms with E-state index in [2.05, 4.69) is 28.6 Å². The average molecular weight is 247 g/mol. The van der Waals surface area contributed by atoms with Gasteiger partial charge in [0.05, 0.1) is 6.42 Å². The minimum absolute atomic E-state index is 0.000255. The molecule has 0 radical (unpaired) electrons. The molecule has 0 bridgehead atoms. The maximum atomic E-state index is 10.4. The Morgan fingerprint density at radius 3 is 2.75 bits per heavy atom. The summed E-state index contributed by atoms with van der Waals surface area (Å²) in [5.74, 6) is -0.850. The Hall–Kier alpha value is -0.480. The van der Waals surface area contributed by atoms with Crippen LogP contribution in [-0.4, -0.2) is 11.1 Å². The summed E-state index contributed by atoms with van der Waals surface area (Å²) in [5, 5.41) is 8.56. The number of rotatable bonds is 2. The van der Waals surface area contributed by atoms with Gasteiger partial charge in [0.2, 0.25) is 0 Å². The molecule has 1 aromatic carbocycles. The van der Waals surface area contributed by atoms with Crippen LogP contribution in [0.3, 0.4) is 0 Å². The number of carboxylic acid groups (broad SMARTS) is 1. The first-order valence-electron chi connectivity index (χ1n) is 3.29. The van der Waals surface area contributed by atoms with Crippen molar-refractivity contribution in [2.75, 3.05) is 0 Å². The molecule has 0 fully saturated rings. The Balaban J connectivity index is 3.04. The Kier molecular flexibility index (Phi) is 3.17. The molecule has 0 atom stereocenters. The van der Waals surface area contributed by atoms with E-state index in [1.165, 1.54) is 0 Å². The van der Waals surface area contributed by atoms with E-state index in [0.717, 1.165) is 4.47 Å². The molecule has 2 nitrogen and oxygen atoms in total.